The topological polar surface area (TPSA) is 83.8 Å². The number of phenolic OH excluding ortho intramolecular Hbond substituents is 1. The molecule has 0 fully saturated rings. The van der Waals surface area contributed by atoms with Gasteiger partial charge in [-0.15, -0.1) is 0 Å². The number of carbonyl (C=O) groups excluding carboxylic acids is 2. The Bertz CT molecular complexity index is 1360. The molecule has 180 valence electrons. The van der Waals surface area contributed by atoms with E-state index in [1.165, 1.54) is 29.2 Å². The lowest BCUT2D eigenvalue weighted by Crippen LogP contribution is -2.33. The molecule has 0 bridgehead atoms. The first kappa shape index (κ1) is 23.8. The van der Waals surface area contributed by atoms with Crippen molar-refractivity contribution < 1.29 is 23.8 Å². The number of nitrogens with zero attached hydrogens (tertiary/aromatic N) is 2. The molecule has 0 saturated carbocycles. The number of ether oxygens (including phenoxy) is 1. The number of aromatic hydroxyl groups is 1. The number of para-hydroxylation sites is 1. The maximum atomic E-state index is 13.3. The second kappa shape index (κ2) is 10.3. The van der Waals surface area contributed by atoms with Crippen LogP contribution in [0.1, 0.15) is 29.8 Å². The Labute approximate surface area is 202 Å². The summed E-state index contributed by atoms with van der Waals surface area (Å²) in [5, 5.41) is 13.6. The van der Waals surface area contributed by atoms with Gasteiger partial charge in [-0.1, -0.05) is 24.3 Å². The molecule has 0 aliphatic rings. The van der Waals surface area contributed by atoms with E-state index >= 15 is 0 Å². The summed E-state index contributed by atoms with van der Waals surface area (Å²) in [5.74, 6) is -0.813. The van der Waals surface area contributed by atoms with E-state index in [4.69, 9.17) is 4.74 Å². The van der Waals surface area contributed by atoms with E-state index in [0.29, 0.717) is 30.7 Å². The van der Waals surface area contributed by atoms with Crippen LogP contribution >= 0.6 is 0 Å². The SMILES string of the molecule is CCN(CC)C(=O)Oc1ccc2c(ccn2Cc2ccc(F)cc2)c1NC(=O)c1ccccc1O. The summed E-state index contributed by atoms with van der Waals surface area (Å²) in [4.78, 5) is 27.2. The monoisotopic (exact) mass is 475 g/mol. The minimum Gasteiger partial charge on any atom is -0.507 e. The van der Waals surface area contributed by atoms with Gasteiger partial charge in [0.15, 0.2) is 5.75 Å². The second-order valence-corrected chi connectivity index (χ2v) is 7.95. The molecule has 2 amide bonds. The van der Waals surface area contributed by atoms with Gasteiger partial charge in [0.2, 0.25) is 0 Å². The number of aromatic nitrogens is 1. The van der Waals surface area contributed by atoms with E-state index in [1.807, 2.05) is 30.7 Å². The van der Waals surface area contributed by atoms with E-state index in [-0.39, 0.29) is 22.9 Å². The molecule has 0 atom stereocenters. The molecular formula is C27H26FN3O4. The Hall–Kier alpha value is -4.33. The van der Waals surface area contributed by atoms with E-state index < -0.39 is 12.0 Å². The number of carbonyl (C=O) groups is 2. The largest absolute Gasteiger partial charge is 0.507 e. The number of anilines is 1. The van der Waals surface area contributed by atoms with Gasteiger partial charge in [0.1, 0.15) is 11.6 Å². The molecule has 0 aliphatic heterocycles. The quantitative estimate of drug-likeness (QED) is 0.363. The van der Waals surface area contributed by atoms with E-state index in [2.05, 4.69) is 5.32 Å². The molecular weight excluding hydrogens is 449 g/mol. The molecule has 4 rings (SSSR count). The molecule has 4 aromatic rings. The second-order valence-electron chi connectivity index (χ2n) is 7.95. The number of fused-ring (bicyclic) bond motifs is 1. The summed E-state index contributed by atoms with van der Waals surface area (Å²) in [6.45, 7) is 5.14. The highest BCUT2D eigenvalue weighted by molar-refractivity contribution is 6.11. The van der Waals surface area contributed by atoms with Crippen LogP contribution in [0.25, 0.3) is 10.9 Å². The Balaban J connectivity index is 1.74. The van der Waals surface area contributed by atoms with E-state index in [0.717, 1.165) is 11.1 Å². The van der Waals surface area contributed by atoms with Crippen LogP contribution in [0.2, 0.25) is 0 Å². The molecule has 8 heteroatoms. The lowest BCUT2D eigenvalue weighted by atomic mass is 10.1. The standard InChI is InChI=1S/C27H26FN3O4/c1-3-30(4-2)27(34)35-24-14-13-22-20(15-16-31(22)17-18-9-11-19(28)12-10-18)25(24)29-26(33)21-7-5-6-8-23(21)32/h5-16,32H,3-4,17H2,1-2H3,(H,29,33). The smallest absolute Gasteiger partial charge is 0.415 e. The normalized spacial score (nSPS) is 10.8. The highest BCUT2D eigenvalue weighted by Gasteiger charge is 2.21. The van der Waals surface area contributed by atoms with Crippen LogP contribution in [0.15, 0.2) is 72.9 Å². The zero-order valence-corrected chi connectivity index (χ0v) is 19.5. The Morgan fingerprint density at radius 3 is 2.40 bits per heavy atom. The zero-order chi connectivity index (χ0) is 24.9. The molecule has 1 heterocycles. The molecule has 7 nitrogen and oxygen atoms in total. The molecule has 0 spiro atoms. The number of halogens is 1. The van der Waals surface area contributed by atoms with Gasteiger partial charge in [-0.3, -0.25) is 4.79 Å². The minimum atomic E-state index is -0.540. The van der Waals surface area contributed by atoms with Crippen LogP contribution in [-0.2, 0) is 6.54 Å². The van der Waals surface area contributed by atoms with Crippen LogP contribution in [0.4, 0.5) is 14.9 Å². The van der Waals surface area contributed by atoms with Gasteiger partial charge < -0.3 is 24.6 Å². The number of hydrogen-bond donors (Lipinski definition) is 2. The predicted molar refractivity (Wildman–Crippen MR) is 132 cm³/mol. The van der Waals surface area contributed by atoms with Crippen molar-refractivity contribution in [2.45, 2.75) is 20.4 Å². The summed E-state index contributed by atoms with van der Waals surface area (Å²) in [5.41, 5.74) is 2.09. The number of rotatable bonds is 7. The maximum absolute atomic E-state index is 13.3. The van der Waals surface area contributed by atoms with Gasteiger partial charge in [-0.05, 0) is 61.9 Å². The van der Waals surface area contributed by atoms with Gasteiger partial charge in [0.25, 0.3) is 5.91 Å². The highest BCUT2D eigenvalue weighted by Crippen LogP contribution is 2.35. The molecule has 0 aliphatic carbocycles. The number of phenols is 1. The maximum Gasteiger partial charge on any atom is 0.415 e. The fourth-order valence-corrected chi connectivity index (χ4v) is 3.88. The van der Waals surface area contributed by atoms with Crippen LogP contribution < -0.4 is 10.1 Å². The first-order valence-electron chi connectivity index (χ1n) is 11.3. The Kier molecular flexibility index (Phi) is 7.01. The third kappa shape index (κ3) is 5.11. The number of amides is 2. The van der Waals surface area contributed by atoms with Gasteiger partial charge in [-0.2, -0.15) is 0 Å². The van der Waals surface area contributed by atoms with E-state index in [9.17, 15) is 19.1 Å². The fraction of sp³-hybridized carbons (Fsp3) is 0.185. The number of benzene rings is 3. The third-order valence-electron chi connectivity index (χ3n) is 5.79. The fourth-order valence-electron chi connectivity index (χ4n) is 3.88. The highest BCUT2D eigenvalue weighted by atomic mass is 19.1. The van der Waals surface area contributed by atoms with Crippen LogP contribution in [0.3, 0.4) is 0 Å². The first-order chi connectivity index (χ1) is 16.9. The summed E-state index contributed by atoms with van der Waals surface area (Å²) < 4.78 is 20.9. The number of hydrogen-bond acceptors (Lipinski definition) is 4. The number of nitrogens with one attached hydrogen (secondary N) is 1. The molecule has 0 radical (unpaired) electrons. The molecule has 1 aromatic heterocycles. The van der Waals surface area contributed by atoms with Crippen molar-refractivity contribution in [3.8, 4) is 11.5 Å². The molecule has 0 unspecified atom stereocenters. The summed E-state index contributed by atoms with van der Waals surface area (Å²) in [6.07, 6.45) is 1.32. The van der Waals surface area contributed by atoms with Gasteiger partial charge in [0.05, 0.1) is 16.8 Å². The van der Waals surface area contributed by atoms with Crippen molar-refractivity contribution in [2.24, 2.45) is 0 Å². The predicted octanol–water partition coefficient (Wildman–Crippen LogP) is 5.63. The molecule has 0 saturated heterocycles. The van der Waals surface area contributed by atoms with Crippen molar-refractivity contribution in [3.05, 3.63) is 89.9 Å². The van der Waals surface area contributed by atoms with Gasteiger partial charge in [-0.25, -0.2) is 9.18 Å². The van der Waals surface area contributed by atoms with Crippen molar-refractivity contribution in [2.75, 3.05) is 18.4 Å². The first-order valence-corrected chi connectivity index (χ1v) is 11.3. The average Bonchev–Trinajstić information content (AvgIpc) is 3.26. The van der Waals surface area contributed by atoms with Crippen molar-refractivity contribution >= 4 is 28.6 Å². The lowest BCUT2D eigenvalue weighted by Gasteiger charge is -2.20. The van der Waals surface area contributed by atoms with Crippen molar-refractivity contribution in [1.82, 2.24) is 9.47 Å². The van der Waals surface area contributed by atoms with Crippen molar-refractivity contribution in [3.63, 3.8) is 0 Å². The Morgan fingerprint density at radius 1 is 1.00 bits per heavy atom. The van der Waals surface area contributed by atoms with Crippen molar-refractivity contribution in [1.29, 1.82) is 0 Å². The van der Waals surface area contributed by atoms with Crippen LogP contribution in [0, 0.1) is 5.82 Å². The van der Waals surface area contributed by atoms with Gasteiger partial charge in [0, 0.05) is 31.2 Å². The third-order valence-corrected chi connectivity index (χ3v) is 5.79. The molecule has 35 heavy (non-hydrogen) atoms. The van der Waals surface area contributed by atoms with E-state index in [1.54, 1.807) is 36.4 Å². The summed E-state index contributed by atoms with van der Waals surface area (Å²) in [6, 6.07) is 17.7. The Morgan fingerprint density at radius 2 is 1.71 bits per heavy atom. The van der Waals surface area contributed by atoms with Crippen LogP contribution in [-0.4, -0.2) is 39.7 Å². The van der Waals surface area contributed by atoms with Gasteiger partial charge >= 0.3 is 6.09 Å². The summed E-state index contributed by atoms with van der Waals surface area (Å²) in [7, 11) is 0. The summed E-state index contributed by atoms with van der Waals surface area (Å²) >= 11 is 0. The lowest BCUT2D eigenvalue weighted by molar-refractivity contribution is 0.102. The van der Waals surface area contributed by atoms with Crippen LogP contribution in [0.5, 0.6) is 11.5 Å². The minimum absolute atomic E-state index is 0.0938. The molecule has 2 N–H and O–H groups in total. The average molecular weight is 476 g/mol. The molecule has 3 aromatic carbocycles. The zero-order valence-electron chi connectivity index (χ0n) is 19.5.